The van der Waals surface area contributed by atoms with Crippen LogP contribution in [-0.4, -0.2) is 73.1 Å². The maximum atomic E-state index is 12.5. The maximum absolute atomic E-state index is 12.5. The fourth-order valence-corrected chi connectivity index (χ4v) is 3.44. The molecule has 0 saturated carbocycles. The molecule has 7 N–H and O–H groups in total. The van der Waals surface area contributed by atoms with Crippen molar-refractivity contribution in [2.75, 3.05) is 6.61 Å². The Labute approximate surface area is 179 Å². The van der Waals surface area contributed by atoms with E-state index in [2.05, 4.69) is 0 Å². The molecule has 11 nitrogen and oxygen atoms in total. The number of rotatable bonds is 4. The summed E-state index contributed by atoms with van der Waals surface area (Å²) >= 11 is 0. The quantitative estimate of drug-likeness (QED) is 0.279. The molecule has 0 radical (unpaired) electrons. The Bertz CT molecular complexity index is 1180. The molecule has 1 saturated heterocycles. The highest BCUT2D eigenvalue weighted by Gasteiger charge is 2.45. The lowest BCUT2D eigenvalue weighted by Gasteiger charge is -2.39. The summed E-state index contributed by atoms with van der Waals surface area (Å²) in [6, 6.07) is 7.00. The number of ether oxygens (including phenoxy) is 2. The lowest BCUT2D eigenvalue weighted by molar-refractivity contribution is -0.277. The van der Waals surface area contributed by atoms with Gasteiger partial charge in [-0.2, -0.15) is 0 Å². The first-order valence-corrected chi connectivity index (χ1v) is 9.49. The third kappa shape index (κ3) is 3.95. The van der Waals surface area contributed by atoms with Gasteiger partial charge in [-0.3, -0.25) is 4.79 Å². The van der Waals surface area contributed by atoms with E-state index in [-0.39, 0.29) is 39.5 Å². The number of phenolic OH excluding ortho intramolecular Hbond substituents is 3. The molecule has 2 aromatic carbocycles. The Hall–Kier alpha value is -3.35. The highest BCUT2D eigenvalue weighted by molar-refractivity contribution is 5.82. The van der Waals surface area contributed by atoms with Gasteiger partial charge in [-0.25, -0.2) is 0 Å². The van der Waals surface area contributed by atoms with E-state index >= 15 is 0 Å². The van der Waals surface area contributed by atoms with Crippen LogP contribution in [0.4, 0.5) is 0 Å². The van der Waals surface area contributed by atoms with Gasteiger partial charge >= 0.3 is 0 Å². The monoisotopic (exact) mass is 448 g/mol. The van der Waals surface area contributed by atoms with Crippen molar-refractivity contribution in [1.82, 2.24) is 0 Å². The molecule has 1 aromatic heterocycles. The van der Waals surface area contributed by atoms with Crippen LogP contribution >= 0.6 is 0 Å². The molecule has 0 amide bonds. The third-order valence-electron chi connectivity index (χ3n) is 5.09. The van der Waals surface area contributed by atoms with Gasteiger partial charge in [0.1, 0.15) is 47.3 Å². The Morgan fingerprint density at radius 1 is 0.875 bits per heavy atom. The summed E-state index contributed by atoms with van der Waals surface area (Å²) < 4.78 is 16.4. The average Bonchev–Trinajstić information content (AvgIpc) is 2.74. The molecule has 32 heavy (non-hydrogen) atoms. The van der Waals surface area contributed by atoms with Gasteiger partial charge in [-0.1, -0.05) is 0 Å². The first-order chi connectivity index (χ1) is 15.2. The van der Waals surface area contributed by atoms with E-state index in [1.54, 1.807) is 0 Å². The molecule has 2 heterocycles. The molecule has 4 rings (SSSR count). The van der Waals surface area contributed by atoms with Crippen LogP contribution < -0.4 is 10.2 Å². The molecule has 170 valence electrons. The normalized spacial score (nSPS) is 25.7. The number of hydrogen-bond acceptors (Lipinski definition) is 11. The lowest BCUT2D eigenvalue weighted by atomic mass is 9.99. The first kappa shape index (κ1) is 21.9. The average molecular weight is 448 g/mol. The summed E-state index contributed by atoms with van der Waals surface area (Å²) in [7, 11) is 0. The summed E-state index contributed by atoms with van der Waals surface area (Å²) in [5.74, 6) is -1.26. The van der Waals surface area contributed by atoms with E-state index in [1.807, 2.05) is 0 Å². The van der Waals surface area contributed by atoms with Gasteiger partial charge in [0, 0.05) is 23.8 Å². The molecule has 1 aliphatic rings. The van der Waals surface area contributed by atoms with Crippen LogP contribution in [0.2, 0.25) is 0 Å². The van der Waals surface area contributed by atoms with Gasteiger partial charge in [0.25, 0.3) is 0 Å². The number of fused-ring (bicyclic) bond motifs is 1. The van der Waals surface area contributed by atoms with Gasteiger partial charge in [0.05, 0.1) is 12.0 Å². The van der Waals surface area contributed by atoms with E-state index in [0.717, 1.165) is 24.3 Å². The highest BCUT2D eigenvalue weighted by Crippen LogP contribution is 2.35. The molecule has 0 bridgehead atoms. The van der Waals surface area contributed by atoms with Crippen molar-refractivity contribution < 1.29 is 49.6 Å². The van der Waals surface area contributed by atoms with Crippen molar-refractivity contribution in [2.45, 2.75) is 30.7 Å². The van der Waals surface area contributed by atoms with Gasteiger partial charge in [-0.05, 0) is 18.2 Å². The van der Waals surface area contributed by atoms with Gasteiger partial charge in [-0.15, -0.1) is 0 Å². The van der Waals surface area contributed by atoms with Crippen LogP contribution in [-0.2, 0) is 4.74 Å². The van der Waals surface area contributed by atoms with E-state index < -0.39 is 48.5 Å². The van der Waals surface area contributed by atoms with Crippen molar-refractivity contribution in [1.29, 1.82) is 0 Å². The highest BCUT2D eigenvalue weighted by atomic mass is 16.7. The Morgan fingerprint density at radius 2 is 1.56 bits per heavy atom. The van der Waals surface area contributed by atoms with Crippen LogP contribution in [0.1, 0.15) is 0 Å². The van der Waals surface area contributed by atoms with Crippen LogP contribution in [0.5, 0.6) is 23.0 Å². The molecule has 0 unspecified atom stereocenters. The fraction of sp³-hybridized carbons (Fsp3) is 0.286. The number of hydrogen-bond donors (Lipinski definition) is 7. The molecule has 5 atom stereocenters. The molecule has 3 aromatic rings. The molecule has 1 fully saturated rings. The molecule has 0 spiro atoms. The molecule has 0 aliphatic carbocycles. The van der Waals surface area contributed by atoms with Crippen LogP contribution in [0.25, 0.3) is 22.3 Å². The minimum absolute atomic E-state index is 0.00298. The largest absolute Gasteiger partial charge is 0.508 e. The van der Waals surface area contributed by atoms with E-state index in [1.165, 1.54) is 12.1 Å². The second-order valence-corrected chi connectivity index (χ2v) is 7.34. The van der Waals surface area contributed by atoms with Crippen molar-refractivity contribution in [3.8, 4) is 34.3 Å². The maximum Gasteiger partial charge on any atom is 0.229 e. The predicted octanol–water partition coefficient (Wildman–Crippen LogP) is -0.245. The van der Waals surface area contributed by atoms with Crippen LogP contribution in [0.3, 0.4) is 0 Å². The number of aliphatic hydroxyl groups is 4. The lowest BCUT2D eigenvalue weighted by Crippen LogP contribution is -2.60. The van der Waals surface area contributed by atoms with E-state index in [9.17, 15) is 40.5 Å². The van der Waals surface area contributed by atoms with Crippen molar-refractivity contribution in [3.63, 3.8) is 0 Å². The number of aromatic hydroxyl groups is 3. The number of aliphatic hydroxyl groups excluding tert-OH is 4. The van der Waals surface area contributed by atoms with E-state index in [0.29, 0.717) is 0 Å². The summed E-state index contributed by atoms with van der Waals surface area (Å²) in [6.07, 6.45) is -7.76. The summed E-state index contributed by atoms with van der Waals surface area (Å²) in [6.45, 7) is -0.663. The van der Waals surface area contributed by atoms with Gasteiger partial charge < -0.3 is 49.6 Å². The Balaban J connectivity index is 1.73. The SMILES string of the molecule is O=c1cc(-c2cc(O)cc(O)c2)oc2cc(O[C@@H]3O[C@H](CO)[C@@H](O)[C@H](O)[C@H]3O)c(O)cc12. The van der Waals surface area contributed by atoms with Crippen molar-refractivity contribution in [2.24, 2.45) is 0 Å². The molecule has 11 heteroatoms. The van der Waals surface area contributed by atoms with Gasteiger partial charge in [0.15, 0.2) is 16.9 Å². The number of phenols is 3. The minimum atomic E-state index is -1.71. The second-order valence-electron chi connectivity index (χ2n) is 7.34. The topological polar surface area (TPSA) is 190 Å². The third-order valence-corrected chi connectivity index (χ3v) is 5.09. The second kappa shape index (κ2) is 8.30. The van der Waals surface area contributed by atoms with Gasteiger partial charge in [0.2, 0.25) is 6.29 Å². The molecule has 1 aliphatic heterocycles. The van der Waals surface area contributed by atoms with Crippen LogP contribution in [0.15, 0.2) is 45.6 Å². The number of benzene rings is 2. The zero-order valence-corrected chi connectivity index (χ0v) is 16.3. The molecular formula is C21H20O11. The fourth-order valence-electron chi connectivity index (χ4n) is 3.44. The standard InChI is InChI=1S/C21H20O11/c22-7-17-18(27)19(28)20(29)21(32-17)31-16-6-15-11(4-13(16)26)12(25)5-14(30-15)8-1-9(23)3-10(24)2-8/h1-6,17-24,26-29H,7H2/t17-,18-,19+,20-,21-/m1/s1. The Morgan fingerprint density at radius 3 is 2.22 bits per heavy atom. The first-order valence-electron chi connectivity index (χ1n) is 9.49. The van der Waals surface area contributed by atoms with Crippen LogP contribution in [0, 0.1) is 0 Å². The summed E-state index contributed by atoms with van der Waals surface area (Å²) in [4.78, 5) is 12.5. The summed E-state index contributed by atoms with van der Waals surface area (Å²) in [5.41, 5.74) is -0.350. The van der Waals surface area contributed by atoms with E-state index in [4.69, 9.17) is 13.9 Å². The predicted molar refractivity (Wildman–Crippen MR) is 107 cm³/mol. The summed E-state index contributed by atoms with van der Waals surface area (Å²) in [5, 5.41) is 68.8. The minimum Gasteiger partial charge on any atom is -0.508 e. The molecular weight excluding hydrogens is 428 g/mol. The zero-order valence-electron chi connectivity index (χ0n) is 16.3. The smallest absolute Gasteiger partial charge is 0.229 e. The van der Waals surface area contributed by atoms with Crippen molar-refractivity contribution in [3.05, 3.63) is 46.6 Å². The zero-order chi connectivity index (χ0) is 23.2. The Kier molecular flexibility index (Phi) is 5.67. The van der Waals surface area contributed by atoms with Crippen molar-refractivity contribution >= 4 is 11.0 Å².